The van der Waals surface area contributed by atoms with E-state index in [1.807, 2.05) is 19.3 Å². The lowest BCUT2D eigenvalue weighted by Crippen LogP contribution is -2.23. The number of halogens is 1. The van der Waals surface area contributed by atoms with Gasteiger partial charge in [0.25, 0.3) is 0 Å². The summed E-state index contributed by atoms with van der Waals surface area (Å²) in [6.07, 6.45) is 5.46. The molecular weight excluding hydrogens is 346 g/mol. The molecular formula is C16H18BrN3S. The Labute approximate surface area is 138 Å². The van der Waals surface area contributed by atoms with Gasteiger partial charge in [-0.25, -0.2) is 9.97 Å². The summed E-state index contributed by atoms with van der Waals surface area (Å²) in [4.78, 5) is 10.5. The molecule has 110 valence electrons. The molecule has 0 aliphatic heterocycles. The lowest BCUT2D eigenvalue weighted by Gasteiger charge is -2.24. The molecule has 3 nitrogen and oxygen atoms in total. The molecule has 0 bridgehead atoms. The van der Waals surface area contributed by atoms with E-state index < -0.39 is 0 Å². The third-order valence-corrected chi connectivity index (χ3v) is 5.80. The van der Waals surface area contributed by atoms with Crippen molar-refractivity contribution in [2.45, 2.75) is 36.0 Å². The second kappa shape index (κ2) is 6.90. The maximum absolute atomic E-state index is 4.77. The van der Waals surface area contributed by atoms with Gasteiger partial charge in [0.1, 0.15) is 5.82 Å². The van der Waals surface area contributed by atoms with E-state index in [-0.39, 0.29) is 0 Å². The molecule has 0 fully saturated rings. The molecule has 1 aliphatic rings. The molecule has 1 aliphatic carbocycles. The summed E-state index contributed by atoms with van der Waals surface area (Å²) in [5.74, 6) is 1.73. The number of hydrogen-bond donors (Lipinski definition) is 1. The summed E-state index contributed by atoms with van der Waals surface area (Å²) in [6, 6.07) is 8.68. The molecule has 1 atom stereocenters. The number of aryl methyl sites for hydroxylation is 1. The first-order valence-corrected chi connectivity index (χ1v) is 8.95. The van der Waals surface area contributed by atoms with Gasteiger partial charge in [0.05, 0.1) is 5.75 Å². The van der Waals surface area contributed by atoms with Gasteiger partial charge >= 0.3 is 0 Å². The van der Waals surface area contributed by atoms with Crippen LogP contribution >= 0.6 is 27.7 Å². The zero-order valence-electron chi connectivity index (χ0n) is 12.0. The van der Waals surface area contributed by atoms with Crippen LogP contribution in [0, 0.1) is 0 Å². The zero-order valence-corrected chi connectivity index (χ0v) is 14.4. The molecule has 1 aromatic heterocycles. The van der Waals surface area contributed by atoms with Crippen molar-refractivity contribution in [2.24, 2.45) is 0 Å². The Balaban J connectivity index is 1.74. The Kier molecular flexibility index (Phi) is 4.93. The highest BCUT2D eigenvalue weighted by Crippen LogP contribution is 2.31. The van der Waals surface area contributed by atoms with Gasteiger partial charge in [0.2, 0.25) is 0 Å². The number of nitrogens with one attached hydrogen (secondary N) is 1. The topological polar surface area (TPSA) is 37.8 Å². The van der Waals surface area contributed by atoms with E-state index in [1.165, 1.54) is 29.0 Å². The number of aromatic nitrogens is 2. The zero-order chi connectivity index (χ0) is 14.7. The fraction of sp³-hybridized carbons (Fsp3) is 0.375. The van der Waals surface area contributed by atoms with Crippen LogP contribution in [0.4, 0.5) is 0 Å². The number of rotatable bonds is 4. The summed E-state index contributed by atoms with van der Waals surface area (Å²) < 4.78 is 1.13. The minimum absolute atomic E-state index is 0.415. The van der Waals surface area contributed by atoms with Crippen molar-refractivity contribution in [1.82, 2.24) is 15.3 Å². The van der Waals surface area contributed by atoms with Gasteiger partial charge in [-0.1, -0.05) is 12.1 Å². The van der Waals surface area contributed by atoms with E-state index in [0.29, 0.717) is 6.04 Å². The standard InChI is InChI=1S/C16H18BrN3S/c1-18-13-6-4-7-14-11(13)9-19-16(20-14)10-21-15-8-3-2-5-12(15)17/h2-3,5,8-9,13,18H,4,6-7,10H2,1H3. The van der Waals surface area contributed by atoms with Crippen molar-refractivity contribution in [3.63, 3.8) is 0 Å². The van der Waals surface area contributed by atoms with Crippen LogP contribution in [-0.2, 0) is 12.2 Å². The van der Waals surface area contributed by atoms with Crippen LogP contribution in [0.1, 0.15) is 36.0 Å². The van der Waals surface area contributed by atoms with Crippen molar-refractivity contribution >= 4 is 27.7 Å². The predicted molar refractivity (Wildman–Crippen MR) is 90.5 cm³/mol. The van der Waals surface area contributed by atoms with Crippen molar-refractivity contribution in [3.05, 3.63) is 52.0 Å². The van der Waals surface area contributed by atoms with Crippen LogP contribution in [-0.4, -0.2) is 17.0 Å². The van der Waals surface area contributed by atoms with E-state index in [0.717, 1.165) is 22.5 Å². The summed E-state index contributed by atoms with van der Waals surface area (Å²) in [5.41, 5.74) is 2.50. The lowest BCUT2D eigenvalue weighted by atomic mass is 9.92. The van der Waals surface area contributed by atoms with E-state index >= 15 is 0 Å². The first kappa shape index (κ1) is 15.0. The summed E-state index contributed by atoms with van der Waals surface area (Å²) in [7, 11) is 2.01. The van der Waals surface area contributed by atoms with Gasteiger partial charge in [-0.2, -0.15) is 0 Å². The number of nitrogens with zero attached hydrogens (tertiary/aromatic N) is 2. The highest BCUT2D eigenvalue weighted by Gasteiger charge is 2.20. The molecule has 0 spiro atoms. The Hall–Kier alpha value is -0.910. The summed E-state index contributed by atoms with van der Waals surface area (Å²) in [6.45, 7) is 0. The Morgan fingerprint density at radius 2 is 2.24 bits per heavy atom. The fourth-order valence-electron chi connectivity index (χ4n) is 2.66. The molecule has 1 aromatic carbocycles. The number of benzene rings is 1. The molecule has 21 heavy (non-hydrogen) atoms. The maximum Gasteiger partial charge on any atom is 0.138 e. The van der Waals surface area contributed by atoms with E-state index in [1.54, 1.807) is 11.8 Å². The van der Waals surface area contributed by atoms with Gasteiger partial charge in [-0.15, -0.1) is 11.8 Å². The van der Waals surface area contributed by atoms with Crippen LogP contribution in [0.3, 0.4) is 0 Å². The number of hydrogen-bond acceptors (Lipinski definition) is 4. The quantitative estimate of drug-likeness (QED) is 0.828. The minimum atomic E-state index is 0.415. The molecule has 0 amide bonds. The minimum Gasteiger partial charge on any atom is -0.313 e. The van der Waals surface area contributed by atoms with Crippen molar-refractivity contribution < 1.29 is 0 Å². The highest BCUT2D eigenvalue weighted by atomic mass is 79.9. The molecule has 3 rings (SSSR count). The normalized spacial score (nSPS) is 17.5. The molecule has 1 unspecified atom stereocenters. The van der Waals surface area contributed by atoms with Crippen molar-refractivity contribution in [3.8, 4) is 0 Å². The van der Waals surface area contributed by atoms with Crippen LogP contribution < -0.4 is 5.32 Å². The third-order valence-electron chi connectivity index (χ3n) is 3.77. The monoisotopic (exact) mass is 363 g/mol. The molecule has 5 heteroatoms. The van der Waals surface area contributed by atoms with Crippen LogP contribution in [0.15, 0.2) is 39.8 Å². The second-order valence-corrected chi connectivity index (χ2v) is 7.01. The molecule has 0 saturated carbocycles. The molecule has 0 saturated heterocycles. The van der Waals surface area contributed by atoms with E-state index in [4.69, 9.17) is 4.98 Å². The average Bonchev–Trinajstić information content (AvgIpc) is 2.53. The summed E-state index contributed by atoms with van der Waals surface area (Å²) in [5, 5.41) is 3.35. The first-order valence-electron chi connectivity index (χ1n) is 7.17. The van der Waals surface area contributed by atoms with Gasteiger partial charge in [0, 0.05) is 32.9 Å². The van der Waals surface area contributed by atoms with Gasteiger partial charge < -0.3 is 5.32 Å². The van der Waals surface area contributed by atoms with Crippen molar-refractivity contribution in [1.29, 1.82) is 0 Å². The van der Waals surface area contributed by atoms with E-state index in [2.05, 4.69) is 44.4 Å². The third kappa shape index (κ3) is 3.47. The van der Waals surface area contributed by atoms with Gasteiger partial charge in [0.15, 0.2) is 0 Å². The molecule has 1 N–H and O–H groups in total. The molecule has 1 heterocycles. The lowest BCUT2D eigenvalue weighted by molar-refractivity contribution is 0.486. The largest absolute Gasteiger partial charge is 0.313 e. The first-order chi connectivity index (χ1) is 10.3. The smallest absolute Gasteiger partial charge is 0.138 e. The Morgan fingerprint density at radius 3 is 3.05 bits per heavy atom. The summed E-state index contributed by atoms with van der Waals surface area (Å²) >= 11 is 5.35. The average molecular weight is 364 g/mol. The second-order valence-electron chi connectivity index (χ2n) is 5.14. The van der Waals surface area contributed by atoms with Crippen LogP contribution in [0.2, 0.25) is 0 Å². The fourth-order valence-corrected chi connectivity index (χ4v) is 4.09. The number of thioether (sulfide) groups is 1. The van der Waals surface area contributed by atoms with Gasteiger partial charge in [-0.3, -0.25) is 0 Å². The Morgan fingerprint density at radius 1 is 1.38 bits per heavy atom. The highest BCUT2D eigenvalue weighted by molar-refractivity contribution is 9.10. The van der Waals surface area contributed by atoms with Crippen LogP contribution in [0.5, 0.6) is 0 Å². The van der Waals surface area contributed by atoms with Crippen LogP contribution in [0.25, 0.3) is 0 Å². The van der Waals surface area contributed by atoms with Gasteiger partial charge in [-0.05, 0) is 54.4 Å². The van der Waals surface area contributed by atoms with E-state index in [9.17, 15) is 0 Å². The van der Waals surface area contributed by atoms with Crippen molar-refractivity contribution in [2.75, 3.05) is 7.05 Å². The predicted octanol–water partition coefficient (Wildman–Crippen LogP) is 4.13. The number of fused-ring (bicyclic) bond motifs is 1. The Bertz CT molecular complexity index is 633. The maximum atomic E-state index is 4.77. The molecule has 2 aromatic rings. The molecule has 0 radical (unpaired) electrons. The SMILES string of the molecule is CNC1CCCc2nc(CSc3ccccc3Br)ncc21.